The molecule has 1 amide bonds. The fraction of sp³-hybridized carbons (Fsp3) is 0.267. The van der Waals surface area contributed by atoms with Crippen molar-refractivity contribution in [2.24, 2.45) is 0 Å². The Balaban J connectivity index is 2.00. The molecule has 22 heavy (non-hydrogen) atoms. The molecule has 0 aliphatic heterocycles. The highest BCUT2D eigenvalue weighted by Gasteiger charge is 2.10. The molecule has 2 rings (SSSR count). The summed E-state index contributed by atoms with van der Waals surface area (Å²) >= 11 is 1.37. The minimum Gasteiger partial charge on any atom is -0.468 e. The van der Waals surface area contributed by atoms with Gasteiger partial charge in [0.15, 0.2) is 5.13 Å². The Bertz CT molecular complexity index is 643. The lowest BCUT2D eigenvalue weighted by atomic mass is 10.1. The summed E-state index contributed by atoms with van der Waals surface area (Å²) in [5.41, 5.74) is 1.50. The van der Waals surface area contributed by atoms with Crippen LogP contribution in [0.15, 0.2) is 35.8 Å². The van der Waals surface area contributed by atoms with Crippen molar-refractivity contribution in [3.8, 4) is 0 Å². The summed E-state index contributed by atoms with van der Waals surface area (Å²) in [6, 6.07) is 7.27. The van der Waals surface area contributed by atoms with E-state index in [9.17, 15) is 9.59 Å². The van der Waals surface area contributed by atoms with E-state index in [2.05, 4.69) is 15.0 Å². The summed E-state index contributed by atoms with van der Waals surface area (Å²) in [6.45, 7) is 0.750. The highest BCUT2D eigenvalue weighted by molar-refractivity contribution is 7.13. The van der Waals surface area contributed by atoms with Crippen LogP contribution in [0.4, 0.5) is 5.13 Å². The first-order chi connectivity index (χ1) is 10.6. The van der Waals surface area contributed by atoms with E-state index in [1.54, 1.807) is 23.7 Å². The van der Waals surface area contributed by atoms with Gasteiger partial charge in [-0.25, -0.2) is 4.98 Å². The van der Waals surface area contributed by atoms with E-state index in [0.29, 0.717) is 17.2 Å². The molecule has 0 aliphatic carbocycles. The average molecular weight is 319 g/mol. The molecule has 0 saturated heterocycles. The lowest BCUT2D eigenvalue weighted by Crippen LogP contribution is -2.26. The maximum Gasteiger partial charge on any atom is 0.319 e. The van der Waals surface area contributed by atoms with Crippen molar-refractivity contribution in [1.82, 2.24) is 9.88 Å². The standard InChI is InChI=1S/C15H17N3O3S/c1-18(10-13(19)21-2)9-11-4-3-5-12(8-11)14(20)17-15-16-6-7-22-15/h3-8H,9-10H2,1-2H3,(H,16,17,20). The highest BCUT2D eigenvalue weighted by Crippen LogP contribution is 2.14. The van der Waals surface area contributed by atoms with E-state index >= 15 is 0 Å². The second kappa shape index (κ2) is 7.67. The van der Waals surface area contributed by atoms with Crippen molar-refractivity contribution in [2.45, 2.75) is 6.54 Å². The van der Waals surface area contributed by atoms with E-state index in [0.717, 1.165) is 5.56 Å². The van der Waals surface area contributed by atoms with Gasteiger partial charge in [0.05, 0.1) is 13.7 Å². The Morgan fingerprint density at radius 2 is 2.23 bits per heavy atom. The lowest BCUT2D eigenvalue weighted by molar-refractivity contribution is -0.141. The van der Waals surface area contributed by atoms with Crippen molar-refractivity contribution in [3.05, 3.63) is 47.0 Å². The Kier molecular flexibility index (Phi) is 5.62. The molecule has 0 saturated carbocycles. The normalized spacial score (nSPS) is 10.5. The van der Waals surface area contributed by atoms with Crippen LogP contribution in [0.5, 0.6) is 0 Å². The van der Waals surface area contributed by atoms with E-state index in [-0.39, 0.29) is 18.4 Å². The predicted octanol–water partition coefficient (Wildman–Crippen LogP) is 2.00. The van der Waals surface area contributed by atoms with Crippen LogP contribution >= 0.6 is 11.3 Å². The van der Waals surface area contributed by atoms with Crippen LogP contribution < -0.4 is 5.32 Å². The Morgan fingerprint density at radius 3 is 2.91 bits per heavy atom. The van der Waals surface area contributed by atoms with Crippen LogP contribution in [0, 0.1) is 0 Å². The van der Waals surface area contributed by atoms with Gasteiger partial charge < -0.3 is 4.74 Å². The van der Waals surface area contributed by atoms with E-state index < -0.39 is 0 Å². The van der Waals surface area contributed by atoms with Gasteiger partial charge in [-0.15, -0.1) is 11.3 Å². The summed E-state index contributed by atoms with van der Waals surface area (Å²) in [6.07, 6.45) is 1.64. The molecule has 0 bridgehead atoms. The van der Waals surface area contributed by atoms with Gasteiger partial charge in [-0.3, -0.25) is 19.8 Å². The molecule has 0 radical (unpaired) electrons. The predicted molar refractivity (Wildman–Crippen MR) is 84.9 cm³/mol. The summed E-state index contributed by atoms with van der Waals surface area (Å²) in [5, 5.41) is 5.11. The molecule has 1 N–H and O–H groups in total. The first-order valence-electron chi connectivity index (χ1n) is 6.63. The number of thiazole rings is 1. The van der Waals surface area contributed by atoms with Crippen LogP contribution in [0.2, 0.25) is 0 Å². The number of aromatic nitrogens is 1. The molecule has 7 heteroatoms. The van der Waals surface area contributed by atoms with Crippen LogP contribution in [-0.4, -0.2) is 42.5 Å². The second-order valence-electron chi connectivity index (χ2n) is 4.74. The van der Waals surface area contributed by atoms with Crippen molar-refractivity contribution in [3.63, 3.8) is 0 Å². The number of carbonyl (C=O) groups excluding carboxylic acids is 2. The smallest absolute Gasteiger partial charge is 0.319 e. The molecule has 0 spiro atoms. The van der Waals surface area contributed by atoms with Crippen LogP contribution in [0.1, 0.15) is 15.9 Å². The molecule has 6 nitrogen and oxygen atoms in total. The van der Waals surface area contributed by atoms with E-state index in [1.807, 2.05) is 24.1 Å². The molecule has 1 aromatic heterocycles. The van der Waals surface area contributed by atoms with Gasteiger partial charge in [0.25, 0.3) is 5.91 Å². The first-order valence-corrected chi connectivity index (χ1v) is 7.51. The Hall–Kier alpha value is -2.25. The number of hydrogen-bond donors (Lipinski definition) is 1. The highest BCUT2D eigenvalue weighted by atomic mass is 32.1. The van der Waals surface area contributed by atoms with Crippen LogP contribution in [0.25, 0.3) is 0 Å². The van der Waals surface area contributed by atoms with Gasteiger partial charge in [-0.05, 0) is 24.7 Å². The maximum absolute atomic E-state index is 12.1. The molecule has 0 aliphatic rings. The second-order valence-corrected chi connectivity index (χ2v) is 5.63. The number of likely N-dealkylation sites (N-methyl/N-ethyl adjacent to an activating group) is 1. The van der Waals surface area contributed by atoms with Crippen LogP contribution in [0.3, 0.4) is 0 Å². The fourth-order valence-electron chi connectivity index (χ4n) is 1.92. The SMILES string of the molecule is COC(=O)CN(C)Cc1cccc(C(=O)Nc2nccs2)c1. The van der Waals surface area contributed by atoms with Crippen molar-refractivity contribution in [1.29, 1.82) is 0 Å². The number of nitrogens with one attached hydrogen (secondary N) is 1. The zero-order chi connectivity index (χ0) is 15.9. The Morgan fingerprint density at radius 1 is 1.41 bits per heavy atom. The van der Waals surface area contributed by atoms with Crippen molar-refractivity contribution < 1.29 is 14.3 Å². The van der Waals surface area contributed by atoms with Gasteiger partial charge in [-0.1, -0.05) is 12.1 Å². The summed E-state index contributed by atoms with van der Waals surface area (Å²) in [7, 11) is 3.18. The van der Waals surface area contributed by atoms with Crippen molar-refractivity contribution >= 4 is 28.3 Å². The topological polar surface area (TPSA) is 71.5 Å². The number of ether oxygens (including phenoxy) is 1. The quantitative estimate of drug-likeness (QED) is 0.825. The van der Waals surface area contributed by atoms with Gasteiger partial charge in [0.1, 0.15) is 0 Å². The number of esters is 1. The molecular weight excluding hydrogens is 302 g/mol. The zero-order valence-electron chi connectivity index (χ0n) is 12.4. The summed E-state index contributed by atoms with van der Waals surface area (Å²) in [5.74, 6) is -0.493. The minimum absolute atomic E-state index is 0.200. The molecule has 0 fully saturated rings. The Labute approximate surface area is 132 Å². The van der Waals surface area contributed by atoms with Gasteiger partial charge in [0.2, 0.25) is 0 Å². The third-order valence-corrected chi connectivity index (χ3v) is 3.61. The third kappa shape index (κ3) is 4.64. The van der Waals surface area contributed by atoms with E-state index in [4.69, 9.17) is 0 Å². The molecule has 116 valence electrons. The number of carbonyl (C=O) groups is 2. The number of benzene rings is 1. The first kappa shape index (κ1) is 16.1. The number of methoxy groups -OCH3 is 1. The molecular formula is C15H17N3O3S. The number of nitrogens with zero attached hydrogens (tertiary/aromatic N) is 2. The molecule has 0 unspecified atom stereocenters. The fourth-order valence-corrected chi connectivity index (χ4v) is 2.44. The zero-order valence-corrected chi connectivity index (χ0v) is 13.2. The number of hydrogen-bond acceptors (Lipinski definition) is 6. The molecule has 0 atom stereocenters. The molecule has 2 aromatic rings. The van der Waals surface area contributed by atoms with Gasteiger partial charge in [0, 0.05) is 23.7 Å². The van der Waals surface area contributed by atoms with E-state index in [1.165, 1.54) is 18.4 Å². The largest absolute Gasteiger partial charge is 0.468 e. The number of anilines is 1. The number of amides is 1. The molecule has 1 heterocycles. The number of rotatable bonds is 6. The third-order valence-electron chi connectivity index (χ3n) is 2.92. The summed E-state index contributed by atoms with van der Waals surface area (Å²) < 4.78 is 4.63. The van der Waals surface area contributed by atoms with Gasteiger partial charge in [-0.2, -0.15) is 0 Å². The van der Waals surface area contributed by atoms with Gasteiger partial charge >= 0.3 is 5.97 Å². The van der Waals surface area contributed by atoms with Crippen molar-refractivity contribution in [2.75, 3.05) is 26.0 Å². The van der Waals surface area contributed by atoms with Crippen LogP contribution in [-0.2, 0) is 16.1 Å². The maximum atomic E-state index is 12.1. The molecule has 1 aromatic carbocycles. The monoisotopic (exact) mass is 319 g/mol. The minimum atomic E-state index is -0.292. The average Bonchev–Trinajstić information content (AvgIpc) is 3.00. The lowest BCUT2D eigenvalue weighted by Gasteiger charge is -2.15. The summed E-state index contributed by atoms with van der Waals surface area (Å²) in [4.78, 5) is 29.2.